The minimum Gasteiger partial charge on any atom is -0.350 e. The Hall–Kier alpha value is -1.71. The molecule has 2 rings (SSSR count). The zero-order chi connectivity index (χ0) is 14.5. The Labute approximate surface area is 120 Å². The van der Waals surface area contributed by atoms with Crippen LogP contribution < -0.4 is 0 Å². The Balaban J connectivity index is 2.35. The number of pyridine rings is 1. The zero-order valence-corrected chi connectivity index (χ0v) is 12.5. The van der Waals surface area contributed by atoms with Crippen LogP contribution in [0.25, 0.3) is 11.1 Å². The van der Waals surface area contributed by atoms with Crippen LogP contribution in [0.2, 0.25) is 0 Å². The zero-order valence-electron chi connectivity index (χ0n) is 12.5. The summed E-state index contributed by atoms with van der Waals surface area (Å²) in [5.74, 6) is 0.483. The Bertz CT molecular complexity index is 545. The SMILES string of the molecule is COC(OC)c1ccc(-c2ccccc2C(C)C)cn1. The van der Waals surface area contributed by atoms with E-state index in [9.17, 15) is 0 Å². The van der Waals surface area contributed by atoms with Gasteiger partial charge in [-0.25, -0.2) is 0 Å². The van der Waals surface area contributed by atoms with E-state index >= 15 is 0 Å². The molecule has 20 heavy (non-hydrogen) atoms. The third-order valence-electron chi connectivity index (χ3n) is 3.35. The molecule has 0 N–H and O–H groups in total. The third-order valence-corrected chi connectivity index (χ3v) is 3.35. The lowest BCUT2D eigenvalue weighted by atomic mass is 9.93. The molecule has 0 fully saturated rings. The van der Waals surface area contributed by atoms with Crippen molar-refractivity contribution < 1.29 is 9.47 Å². The van der Waals surface area contributed by atoms with E-state index in [1.54, 1.807) is 14.2 Å². The van der Waals surface area contributed by atoms with E-state index in [4.69, 9.17) is 9.47 Å². The van der Waals surface area contributed by atoms with Gasteiger partial charge in [-0.2, -0.15) is 0 Å². The maximum absolute atomic E-state index is 5.21. The summed E-state index contributed by atoms with van der Waals surface area (Å²) in [5.41, 5.74) is 4.45. The summed E-state index contributed by atoms with van der Waals surface area (Å²) in [4.78, 5) is 4.45. The Morgan fingerprint density at radius 1 is 0.950 bits per heavy atom. The summed E-state index contributed by atoms with van der Waals surface area (Å²) in [6.07, 6.45) is 1.46. The summed E-state index contributed by atoms with van der Waals surface area (Å²) in [7, 11) is 3.22. The van der Waals surface area contributed by atoms with E-state index in [2.05, 4.69) is 49.2 Å². The van der Waals surface area contributed by atoms with Crippen LogP contribution in [0.15, 0.2) is 42.6 Å². The maximum Gasteiger partial charge on any atom is 0.200 e. The van der Waals surface area contributed by atoms with Crippen molar-refractivity contribution in [1.29, 1.82) is 0 Å². The molecule has 0 unspecified atom stereocenters. The fourth-order valence-corrected chi connectivity index (χ4v) is 2.31. The topological polar surface area (TPSA) is 31.4 Å². The van der Waals surface area contributed by atoms with E-state index in [1.807, 2.05) is 12.3 Å². The van der Waals surface area contributed by atoms with Crippen molar-refractivity contribution in [3.8, 4) is 11.1 Å². The van der Waals surface area contributed by atoms with Crippen molar-refractivity contribution in [3.05, 3.63) is 53.9 Å². The van der Waals surface area contributed by atoms with E-state index in [0.717, 1.165) is 11.3 Å². The molecular weight excluding hydrogens is 250 g/mol. The molecule has 0 aliphatic carbocycles. The normalized spacial score (nSPS) is 11.3. The molecular formula is C17H21NO2. The van der Waals surface area contributed by atoms with Gasteiger partial charge in [0.15, 0.2) is 0 Å². The van der Waals surface area contributed by atoms with Crippen molar-refractivity contribution in [2.75, 3.05) is 14.2 Å². The molecule has 3 heteroatoms. The van der Waals surface area contributed by atoms with Crippen LogP contribution in [0.1, 0.15) is 37.3 Å². The number of aromatic nitrogens is 1. The molecule has 0 atom stereocenters. The Morgan fingerprint density at radius 2 is 1.65 bits per heavy atom. The summed E-state index contributed by atoms with van der Waals surface area (Å²) in [6, 6.07) is 12.4. The van der Waals surface area contributed by atoms with Crippen LogP contribution in [-0.4, -0.2) is 19.2 Å². The second-order valence-electron chi connectivity index (χ2n) is 5.02. The summed E-state index contributed by atoms with van der Waals surface area (Å²) in [6.45, 7) is 4.40. The van der Waals surface area contributed by atoms with Gasteiger partial charge >= 0.3 is 0 Å². The van der Waals surface area contributed by atoms with Gasteiger partial charge in [0.1, 0.15) is 0 Å². The minimum absolute atomic E-state index is 0.413. The highest BCUT2D eigenvalue weighted by Crippen LogP contribution is 2.29. The molecule has 2 aromatic rings. The summed E-state index contributed by atoms with van der Waals surface area (Å²) in [5, 5.41) is 0. The molecule has 1 heterocycles. The molecule has 0 saturated carbocycles. The van der Waals surface area contributed by atoms with Gasteiger partial charge in [0.05, 0.1) is 5.69 Å². The Morgan fingerprint density at radius 3 is 2.20 bits per heavy atom. The van der Waals surface area contributed by atoms with Gasteiger partial charge in [0, 0.05) is 26.0 Å². The van der Waals surface area contributed by atoms with Crippen LogP contribution in [0, 0.1) is 0 Å². The number of benzene rings is 1. The van der Waals surface area contributed by atoms with Crippen LogP contribution in [0.3, 0.4) is 0 Å². The molecule has 0 bridgehead atoms. The number of ether oxygens (including phenoxy) is 2. The fourth-order valence-electron chi connectivity index (χ4n) is 2.31. The number of rotatable bonds is 5. The highest BCUT2D eigenvalue weighted by molar-refractivity contribution is 5.67. The number of nitrogens with zero attached hydrogens (tertiary/aromatic N) is 1. The first kappa shape index (κ1) is 14.7. The van der Waals surface area contributed by atoms with Gasteiger partial charge in [0.25, 0.3) is 0 Å². The molecule has 106 valence electrons. The smallest absolute Gasteiger partial charge is 0.200 e. The lowest BCUT2D eigenvalue weighted by Gasteiger charge is -2.15. The first-order chi connectivity index (χ1) is 9.67. The molecule has 3 nitrogen and oxygen atoms in total. The molecule has 1 aromatic heterocycles. The second-order valence-corrected chi connectivity index (χ2v) is 5.02. The van der Waals surface area contributed by atoms with Gasteiger partial charge < -0.3 is 9.47 Å². The number of hydrogen-bond donors (Lipinski definition) is 0. The Kier molecular flexibility index (Phi) is 4.88. The van der Waals surface area contributed by atoms with Crippen LogP contribution in [0.5, 0.6) is 0 Å². The van der Waals surface area contributed by atoms with Gasteiger partial charge in [0.2, 0.25) is 6.29 Å². The molecule has 0 aliphatic heterocycles. The average Bonchev–Trinajstić information content (AvgIpc) is 2.49. The second kappa shape index (κ2) is 6.64. The number of hydrogen-bond acceptors (Lipinski definition) is 3. The quantitative estimate of drug-likeness (QED) is 0.765. The molecule has 1 aromatic carbocycles. The van der Waals surface area contributed by atoms with Gasteiger partial charge in [-0.15, -0.1) is 0 Å². The minimum atomic E-state index is -0.413. The van der Waals surface area contributed by atoms with Crippen molar-refractivity contribution in [2.24, 2.45) is 0 Å². The van der Waals surface area contributed by atoms with Crippen LogP contribution in [-0.2, 0) is 9.47 Å². The van der Waals surface area contributed by atoms with Crippen molar-refractivity contribution >= 4 is 0 Å². The van der Waals surface area contributed by atoms with Crippen LogP contribution in [0.4, 0.5) is 0 Å². The highest BCUT2D eigenvalue weighted by Gasteiger charge is 2.12. The summed E-state index contributed by atoms with van der Waals surface area (Å²) >= 11 is 0. The predicted molar refractivity (Wildman–Crippen MR) is 80.5 cm³/mol. The van der Waals surface area contributed by atoms with Crippen molar-refractivity contribution in [1.82, 2.24) is 4.98 Å². The third kappa shape index (κ3) is 3.06. The van der Waals surface area contributed by atoms with E-state index in [0.29, 0.717) is 5.92 Å². The molecule has 0 radical (unpaired) electrons. The number of methoxy groups -OCH3 is 2. The van der Waals surface area contributed by atoms with E-state index in [-0.39, 0.29) is 0 Å². The van der Waals surface area contributed by atoms with E-state index < -0.39 is 6.29 Å². The van der Waals surface area contributed by atoms with Gasteiger partial charge in [-0.3, -0.25) is 4.98 Å². The van der Waals surface area contributed by atoms with Crippen molar-refractivity contribution in [3.63, 3.8) is 0 Å². The van der Waals surface area contributed by atoms with E-state index in [1.165, 1.54) is 11.1 Å². The first-order valence-electron chi connectivity index (χ1n) is 6.78. The van der Waals surface area contributed by atoms with Crippen LogP contribution >= 0.6 is 0 Å². The average molecular weight is 271 g/mol. The van der Waals surface area contributed by atoms with Crippen molar-refractivity contribution in [2.45, 2.75) is 26.1 Å². The predicted octanol–water partition coefficient (Wildman–Crippen LogP) is 4.16. The molecule has 0 aliphatic rings. The van der Waals surface area contributed by atoms with Gasteiger partial charge in [-0.05, 0) is 23.1 Å². The lowest BCUT2D eigenvalue weighted by molar-refractivity contribution is -0.108. The largest absolute Gasteiger partial charge is 0.350 e. The first-order valence-corrected chi connectivity index (χ1v) is 6.78. The lowest BCUT2D eigenvalue weighted by Crippen LogP contribution is -2.05. The monoisotopic (exact) mass is 271 g/mol. The standard InChI is InChI=1S/C17H21NO2/c1-12(2)14-7-5-6-8-15(14)13-9-10-16(18-11-13)17(19-3)20-4/h5-12,17H,1-4H3. The summed E-state index contributed by atoms with van der Waals surface area (Å²) < 4.78 is 10.4. The molecule has 0 spiro atoms. The molecule has 0 amide bonds. The maximum atomic E-state index is 5.21. The van der Waals surface area contributed by atoms with Gasteiger partial charge in [-0.1, -0.05) is 44.2 Å². The molecule has 0 saturated heterocycles. The highest BCUT2D eigenvalue weighted by atomic mass is 16.7. The fraction of sp³-hybridized carbons (Fsp3) is 0.353.